The zero-order chi connectivity index (χ0) is 24.5. The first kappa shape index (κ1) is 23.5. The molecule has 1 N–H and O–H groups in total. The van der Waals surface area contributed by atoms with Gasteiger partial charge >= 0.3 is 5.97 Å². The molecular weight excluding hydrogens is 436 g/mol. The predicted octanol–water partition coefficient (Wildman–Crippen LogP) is 3.74. The third-order valence-corrected chi connectivity index (χ3v) is 6.61. The maximum absolute atomic E-state index is 13.1. The van der Waals surface area contributed by atoms with Gasteiger partial charge in [-0.25, -0.2) is 9.69 Å². The topological polar surface area (TPSA) is 102 Å². The van der Waals surface area contributed by atoms with E-state index in [2.05, 4.69) is 12.2 Å². The fourth-order valence-corrected chi connectivity index (χ4v) is 4.59. The lowest BCUT2D eigenvalue weighted by molar-refractivity contribution is -0.150. The molecule has 0 radical (unpaired) electrons. The molecule has 34 heavy (non-hydrogen) atoms. The first-order chi connectivity index (χ1) is 16.3. The van der Waals surface area contributed by atoms with E-state index in [1.165, 1.54) is 25.3 Å². The van der Waals surface area contributed by atoms with Crippen LogP contribution in [0.15, 0.2) is 42.5 Å². The second kappa shape index (κ2) is 9.29. The van der Waals surface area contributed by atoms with Gasteiger partial charge in [-0.3, -0.25) is 14.4 Å². The van der Waals surface area contributed by atoms with E-state index < -0.39 is 29.2 Å². The summed E-state index contributed by atoms with van der Waals surface area (Å²) in [6, 6.07) is 11.1. The van der Waals surface area contributed by atoms with Gasteiger partial charge in [-0.1, -0.05) is 6.92 Å². The minimum absolute atomic E-state index is 0.149. The predicted molar refractivity (Wildman–Crippen MR) is 125 cm³/mol. The number of nitrogens with zero attached hydrogens (tertiary/aromatic N) is 1. The number of imide groups is 1. The molecule has 2 aliphatic rings. The number of rotatable bonds is 6. The summed E-state index contributed by atoms with van der Waals surface area (Å²) in [7, 11) is 1.31. The van der Waals surface area contributed by atoms with E-state index in [1.807, 2.05) is 6.92 Å². The van der Waals surface area contributed by atoms with E-state index in [-0.39, 0.29) is 16.7 Å². The highest BCUT2D eigenvalue weighted by atomic mass is 16.5. The van der Waals surface area contributed by atoms with Crippen LogP contribution in [0.3, 0.4) is 0 Å². The third kappa shape index (κ3) is 4.16. The number of ether oxygens (including phenoxy) is 2. The molecule has 0 aromatic heterocycles. The van der Waals surface area contributed by atoms with E-state index >= 15 is 0 Å². The number of methoxy groups -OCH3 is 1. The van der Waals surface area contributed by atoms with Crippen LogP contribution in [0.25, 0.3) is 0 Å². The first-order valence-corrected chi connectivity index (χ1v) is 11.5. The SMILES string of the molecule is CCOc1ccc(N2C(=O)c3ccc(C(=O)NC4(C(=O)OC)CCC(C)CC4)cc3C2=O)cc1. The lowest BCUT2D eigenvalue weighted by Crippen LogP contribution is -2.56. The monoisotopic (exact) mass is 464 g/mol. The molecule has 3 amide bonds. The Morgan fingerprint density at radius 2 is 1.68 bits per heavy atom. The smallest absolute Gasteiger partial charge is 0.331 e. The van der Waals surface area contributed by atoms with Crippen LogP contribution in [0.2, 0.25) is 0 Å². The third-order valence-electron chi connectivity index (χ3n) is 6.61. The molecule has 178 valence electrons. The van der Waals surface area contributed by atoms with Gasteiger partial charge < -0.3 is 14.8 Å². The molecular formula is C26H28N2O6. The van der Waals surface area contributed by atoms with Crippen LogP contribution in [0.5, 0.6) is 5.75 Å². The highest BCUT2D eigenvalue weighted by Gasteiger charge is 2.44. The number of benzene rings is 2. The molecule has 2 aromatic rings. The van der Waals surface area contributed by atoms with Crippen LogP contribution in [0.4, 0.5) is 5.69 Å². The largest absolute Gasteiger partial charge is 0.494 e. The Labute approximate surface area is 198 Å². The van der Waals surface area contributed by atoms with Crippen LogP contribution in [0.1, 0.15) is 70.6 Å². The summed E-state index contributed by atoms with van der Waals surface area (Å²) in [6.45, 7) is 4.49. The van der Waals surface area contributed by atoms with Gasteiger partial charge in [-0.2, -0.15) is 0 Å². The molecule has 1 aliphatic heterocycles. The zero-order valence-electron chi connectivity index (χ0n) is 19.6. The molecule has 8 nitrogen and oxygen atoms in total. The molecule has 0 atom stereocenters. The Balaban J connectivity index is 1.58. The Hall–Kier alpha value is -3.68. The molecule has 1 aliphatic carbocycles. The normalized spacial score (nSPS) is 21.7. The van der Waals surface area contributed by atoms with Gasteiger partial charge in [0.1, 0.15) is 11.3 Å². The fourth-order valence-electron chi connectivity index (χ4n) is 4.59. The number of carbonyl (C=O) groups is 4. The van der Waals surface area contributed by atoms with Gasteiger partial charge in [0.25, 0.3) is 17.7 Å². The van der Waals surface area contributed by atoms with Crippen molar-refractivity contribution in [2.45, 2.75) is 45.1 Å². The van der Waals surface area contributed by atoms with Crippen LogP contribution in [-0.2, 0) is 9.53 Å². The number of nitrogens with one attached hydrogen (secondary N) is 1. The molecule has 0 unspecified atom stereocenters. The number of fused-ring (bicyclic) bond motifs is 1. The molecule has 1 heterocycles. The highest BCUT2D eigenvalue weighted by molar-refractivity contribution is 6.34. The number of anilines is 1. The van der Waals surface area contributed by atoms with E-state index in [0.29, 0.717) is 36.8 Å². The maximum Gasteiger partial charge on any atom is 0.331 e. The Kier molecular flexibility index (Phi) is 6.41. The molecule has 0 saturated heterocycles. The fraction of sp³-hybridized carbons (Fsp3) is 0.385. The Bertz CT molecular complexity index is 1130. The van der Waals surface area contributed by atoms with E-state index in [0.717, 1.165) is 17.7 Å². The van der Waals surface area contributed by atoms with Crippen molar-refractivity contribution in [3.05, 3.63) is 59.2 Å². The van der Waals surface area contributed by atoms with Crippen molar-refractivity contribution in [3.8, 4) is 5.75 Å². The quantitative estimate of drug-likeness (QED) is 0.516. The van der Waals surface area contributed by atoms with Crippen molar-refractivity contribution in [1.82, 2.24) is 5.32 Å². The molecule has 1 fully saturated rings. The summed E-state index contributed by atoms with van der Waals surface area (Å²) >= 11 is 0. The van der Waals surface area contributed by atoms with Gasteiger partial charge in [0, 0.05) is 5.56 Å². The van der Waals surface area contributed by atoms with Gasteiger partial charge in [-0.05, 0) is 81.0 Å². The van der Waals surface area contributed by atoms with Crippen LogP contribution >= 0.6 is 0 Å². The summed E-state index contributed by atoms with van der Waals surface area (Å²) in [5, 5.41) is 2.86. The molecule has 1 saturated carbocycles. The minimum Gasteiger partial charge on any atom is -0.494 e. The number of amides is 3. The zero-order valence-corrected chi connectivity index (χ0v) is 19.6. The van der Waals surface area contributed by atoms with E-state index in [9.17, 15) is 19.2 Å². The molecule has 8 heteroatoms. The molecule has 0 bridgehead atoms. The molecule has 2 aromatic carbocycles. The minimum atomic E-state index is -1.09. The maximum atomic E-state index is 13.1. The highest BCUT2D eigenvalue weighted by Crippen LogP contribution is 2.34. The van der Waals surface area contributed by atoms with E-state index in [4.69, 9.17) is 9.47 Å². The van der Waals surface area contributed by atoms with Gasteiger partial charge in [0.05, 0.1) is 30.5 Å². The number of carbonyl (C=O) groups excluding carboxylic acids is 4. The summed E-state index contributed by atoms with van der Waals surface area (Å²) in [5.41, 5.74) is -0.0941. The van der Waals surface area contributed by atoms with E-state index in [1.54, 1.807) is 24.3 Å². The van der Waals surface area contributed by atoms with Crippen molar-refractivity contribution in [2.75, 3.05) is 18.6 Å². The van der Waals surface area contributed by atoms with Crippen LogP contribution in [-0.4, -0.2) is 42.9 Å². The first-order valence-electron chi connectivity index (χ1n) is 11.5. The van der Waals surface area contributed by atoms with Gasteiger partial charge in [0.15, 0.2) is 0 Å². The van der Waals surface area contributed by atoms with Crippen LogP contribution < -0.4 is 15.0 Å². The molecule has 4 rings (SSSR count). The number of hydrogen-bond acceptors (Lipinski definition) is 6. The van der Waals surface area contributed by atoms with Crippen molar-refractivity contribution >= 4 is 29.4 Å². The second-order valence-corrected chi connectivity index (χ2v) is 8.84. The van der Waals surface area contributed by atoms with Gasteiger partial charge in [0.2, 0.25) is 0 Å². The summed E-state index contributed by atoms with van der Waals surface area (Å²) in [5.74, 6) is -0.814. The van der Waals surface area contributed by atoms with Crippen molar-refractivity contribution in [3.63, 3.8) is 0 Å². The van der Waals surface area contributed by atoms with Crippen molar-refractivity contribution in [1.29, 1.82) is 0 Å². The lowest BCUT2D eigenvalue weighted by atomic mass is 9.77. The van der Waals surface area contributed by atoms with Gasteiger partial charge in [-0.15, -0.1) is 0 Å². The average molecular weight is 465 g/mol. The summed E-state index contributed by atoms with van der Waals surface area (Å²) in [6.07, 6.45) is 2.56. The molecule has 0 spiro atoms. The summed E-state index contributed by atoms with van der Waals surface area (Å²) < 4.78 is 10.4. The standard InChI is InChI=1S/C26H28N2O6/c1-4-34-19-8-6-18(7-9-19)28-23(30)20-10-5-17(15-21(20)24(28)31)22(29)27-26(25(32)33-3)13-11-16(2)12-14-26/h5-10,15-16H,4,11-14H2,1-3H3,(H,27,29). The average Bonchev–Trinajstić information content (AvgIpc) is 3.10. The van der Waals surface area contributed by atoms with Crippen LogP contribution in [0, 0.1) is 5.92 Å². The summed E-state index contributed by atoms with van der Waals surface area (Å²) in [4.78, 5) is 52.8. The second-order valence-electron chi connectivity index (χ2n) is 8.84. The number of hydrogen-bond donors (Lipinski definition) is 1. The lowest BCUT2D eigenvalue weighted by Gasteiger charge is -2.37. The van der Waals surface area contributed by atoms with Crippen molar-refractivity contribution in [2.24, 2.45) is 5.92 Å². The Morgan fingerprint density at radius 3 is 2.29 bits per heavy atom. The van der Waals surface area contributed by atoms with Crippen molar-refractivity contribution < 1.29 is 28.7 Å². The Morgan fingerprint density at radius 1 is 1.03 bits per heavy atom. The number of esters is 1.